The smallest absolute Gasteiger partial charge is 0.170 e. The average molecular weight is 247 g/mol. The van der Waals surface area contributed by atoms with Crippen LogP contribution in [0, 0.1) is 5.92 Å². The minimum atomic E-state index is 0.166. The minimum absolute atomic E-state index is 0.166. The molecule has 1 aromatic carbocycles. The largest absolute Gasteiger partial charge is 0.409 e. The van der Waals surface area contributed by atoms with Gasteiger partial charge in [0.2, 0.25) is 0 Å². The third-order valence-corrected chi connectivity index (χ3v) is 3.63. The van der Waals surface area contributed by atoms with Gasteiger partial charge in [-0.2, -0.15) is 0 Å². The van der Waals surface area contributed by atoms with Gasteiger partial charge in [-0.15, -0.1) is 0 Å². The van der Waals surface area contributed by atoms with Crippen LogP contribution in [0.3, 0.4) is 0 Å². The van der Waals surface area contributed by atoms with Gasteiger partial charge in [0.15, 0.2) is 5.84 Å². The van der Waals surface area contributed by atoms with Crippen LogP contribution in [0.25, 0.3) is 0 Å². The minimum Gasteiger partial charge on any atom is -0.409 e. The predicted molar refractivity (Wildman–Crippen MR) is 72.6 cm³/mol. The van der Waals surface area contributed by atoms with E-state index in [-0.39, 0.29) is 5.84 Å². The molecule has 3 N–H and O–H groups in total. The van der Waals surface area contributed by atoms with E-state index < -0.39 is 0 Å². The molecule has 1 saturated heterocycles. The number of nitrogens with zero attached hydrogens (tertiary/aromatic N) is 2. The molecule has 2 atom stereocenters. The van der Waals surface area contributed by atoms with Crippen molar-refractivity contribution in [3.8, 4) is 0 Å². The van der Waals surface area contributed by atoms with Gasteiger partial charge in [0, 0.05) is 24.7 Å². The molecule has 0 amide bonds. The molecule has 0 bridgehead atoms. The molecule has 0 spiro atoms. The molecular weight excluding hydrogens is 226 g/mol. The number of nitrogens with two attached hydrogens (primary N) is 1. The fourth-order valence-corrected chi connectivity index (χ4v) is 2.73. The molecule has 1 aromatic rings. The monoisotopic (exact) mass is 247 g/mol. The van der Waals surface area contributed by atoms with Crippen molar-refractivity contribution in [2.75, 3.05) is 6.54 Å². The van der Waals surface area contributed by atoms with Gasteiger partial charge < -0.3 is 10.9 Å². The molecule has 0 aliphatic carbocycles. The molecule has 4 nitrogen and oxygen atoms in total. The highest BCUT2D eigenvalue weighted by Gasteiger charge is 2.25. The van der Waals surface area contributed by atoms with Crippen molar-refractivity contribution in [1.82, 2.24) is 4.90 Å². The van der Waals surface area contributed by atoms with Crippen molar-refractivity contribution in [3.05, 3.63) is 35.4 Å². The Balaban J connectivity index is 2.10. The summed E-state index contributed by atoms with van der Waals surface area (Å²) < 4.78 is 0. The van der Waals surface area contributed by atoms with E-state index in [0.717, 1.165) is 24.6 Å². The molecule has 18 heavy (non-hydrogen) atoms. The Hall–Kier alpha value is -1.55. The number of likely N-dealkylation sites (tertiary alicyclic amines) is 1. The lowest BCUT2D eigenvalue weighted by Gasteiger charge is -2.21. The summed E-state index contributed by atoms with van der Waals surface area (Å²) in [5.74, 6) is 0.937. The maximum Gasteiger partial charge on any atom is 0.170 e. The molecular formula is C14H21N3O. The van der Waals surface area contributed by atoms with E-state index >= 15 is 0 Å². The summed E-state index contributed by atoms with van der Waals surface area (Å²) in [5, 5.41) is 11.7. The van der Waals surface area contributed by atoms with Crippen LogP contribution in [0.4, 0.5) is 0 Å². The lowest BCUT2D eigenvalue weighted by molar-refractivity contribution is 0.256. The van der Waals surface area contributed by atoms with E-state index in [1.807, 2.05) is 18.2 Å². The fourth-order valence-electron chi connectivity index (χ4n) is 2.73. The van der Waals surface area contributed by atoms with Gasteiger partial charge in [0.05, 0.1) is 0 Å². The number of hydrogen-bond donors (Lipinski definition) is 2. The van der Waals surface area contributed by atoms with Gasteiger partial charge in [-0.3, -0.25) is 4.90 Å². The van der Waals surface area contributed by atoms with E-state index in [4.69, 9.17) is 10.9 Å². The topological polar surface area (TPSA) is 61.8 Å². The lowest BCUT2D eigenvalue weighted by Crippen LogP contribution is -2.26. The number of oxime groups is 1. The van der Waals surface area contributed by atoms with Crippen LogP contribution in [0.1, 0.15) is 31.4 Å². The summed E-state index contributed by atoms with van der Waals surface area (Å²) in [6.07, 6.45) is 1.26. The van der Waals surface area contributed by atoms with E-state index in [0.29, 0.717) is 6.04 Å². The molecule has 98 valence electrons. The molecule has 2 rings (SSSR count). The first-order valence-electron chi connectivity index (χ1n) is 6.41. The standard InChI is InChI=1S/C14H21N3O/c1-10-6-11(2)17(8-10)9-12-4-3-5-13(7-12)14(15)16-18/h3-5,7,10-11,18H,6,8-9H2,1-2H3,(H2,15,16). The zero-order chi connectivity index (χ0) is 13.1. The van der Waals surface area contributed by atoms with Crippen LogP contribution in [0.5, 0.6) is 0 Å². The summed E-state index contributed by atoms with van der Waals surface area (Å²) in [5.41, 5.74) is 7.59. The van der Waals surface area contributed by atoms with Gasteiger partial charge in [-0.1, -0.05) is 30.3 Å². The van der Waals surface area contributed by atoms with Gasteiger partial charge in [-0.05, 0) is 30.9 Å². The van der Waals surface area contributed by atoms with Crippen molar-refractivity contribution in [2.45, 2.75) is 32.9 Å². The molecule has 1 aliphatic heterocycles. The van der Waals surface area contributed by atoms with Crippen molar-refractivity contribution < 1.29 is 5.21 Å². The number of benzene rings is 1. The van der Waals surface area contributed by atoms with Crippen molar-refractivity contribution in [2.24, 2.45) is 16.8 Å². The summed E-state index contributed by atoms with van der Waals surface area (Å²) in [4.78, 5) is 2.48. The van der Waals surface area contributed by atoms with Crippen molar-refractivity contribution >= 4 is 5.84 Å². The summed E-state index contributed by atoms with van der Waals surface area (Å²) in [6, 6.07) is 8.52. The number of rotatable bonds is 3. The Morgan fingerprint density at radius 3 is 2.89 bits per heavy atom. The molecule has 1 aliphatic rings. The Morgan fingerprint density at radius 2 is 2.28 bits per heavy atom. The maximum atomic E-state index is 8.69. The van der Waals surface area contributed by atoms with Gasteiger partial charge in [-0.25, -0.2) is 0 Å². The first-order valence-corrected chi connectivity index (χ1v) is 6.41. The van der Waals surface area contributed by atoms with E-state index in [9.17, 15) is 0 Å². The zero-order valence-corrected chi connectivity index (χ0v) is 11.0. The van der Waals surface area contributed by atoms with Crippen LogP contribution in [0.2, 0.25) is 0 Å². The Labute approximate surface area is 108 Å². The Kier molecular flexibility index (Phi) is 3.87. The molecule has 0 aromatic heterocycles. The van der Waals surface area contributed by atoms with Crippen molar-refractivity contribution in [3.63, 3.8) is 0 Å². The highest BCUT2D eigenvalue weighted by Crippen LogP contribution is 2.24. The highest BCUT2D eigenvalue weighted by atomic mass is 16.4. The third-order valence-electron chi connectivity index (χ3n) is 3.63. The fraction of sp³-hybridized carbons (Fsp3) is 0.500. The summed E-state index contributed by atoms with van der Waals surface area (Å²) >= 11 is 0. The van der Waals surface area contributed by atoms with Crippen LogP contribution < -0.4 is 5.73 Å². The average Bonchev–Trinajstić information content (AvgIpc) is 2.67. The maximum absolute atomic E-state index is 8.69. The van der Waals surface area contributed by atoms with E-state index in [1.165, 1.54) is 12.0 Å². The Morgan fingerprint density at radius 1 is 1.50 bits per heavy atom. The predicted octanol–water partition coefficient (Wildman–Crippen LogP) is 2.01. The summed E-state index contributed by atoms with van der Waals surface area (Å²) in [6.45, 7) is 6.65. The third kappa shape index (κ3) is 2.82. The summed E-state index contributed by atoms with van der Waals surface area (Å²) in [7, 11) is 0. The molecule has 2 unspecified atom stereocenters. The quantitative estimate of drug-likeness (QED) is 0.372. The van der Waals surface area contributed by atoms with Gasteiger partial charge >= 0.3 is 0 Å². The first kappa shape index (κ1) is 12.9. The molecule has 1 heterocycles. The van der Waals surface area contributed by atoms with Crippen LogP contribution in [-0.4, -0.2) is 28.5 Å². The van der Waals surface area contributed by atoms with Gasteiger partial charge in [0.25, 0.3) is 0 Å². The zero-order valence-electron chi connectivity index (χ0n) is 11.0. The Bertz CT molecular complexity index is 444. The second-order valence-electron chi connectivity index (χ2n) is 5.30. The SMILES string of the molecule is CC1CC(C)N(Cc2cccc(/C(N)=N/O)c2)C1. The number of amidine groups is 1. The van der Waals surface area contributed by atoms with E-state index in [1.54, 1.807) is 0 Å². The molecule has 0 radical (unpaired) electrons. The highest BCUT2D eigenvalue weighted by molar-refractivity contribution is 5.97. The van der Waals surface area contributed by atoms with Gasteiger partial charge in [0.1, 0.15) is 0 Å². The lowest BCUT2D eigenvalue weighted by atomic mass is 10.1. The second kappa shape index (κ2) is 5.40. The normalized spacial score (nSPS) is 25.6. The van der Waals surface area contributed by atoms with Crippen molar-refractivity contribution in [1.29, 1.82) is 0 Å². The second-order valence-corrected chi connectivity index (χ2v) is 5.30. The van der Waals surface area contributed by atoms with E-state index in [2.05, 4.69) is 30.0 Å². The van der Waals surface area contributed by atoms with Crippen LogP contribution in [0.15, 0.2) is 29.4 Å². The molecule has 4 heteroatoms. The van der Waals surface area contributed by atoms with Crippen LogP contribution >= 0.6 is 0 Å². The number of hydrogen-bond acceptors (Lipinski definition) is 3. The molecule has 1 fully saturated rings. The molecule has 0 saturated carbocycles. The first-order chi connectivity index (χ1) is 8.60. The van der Waals surface area contributed by atoms with Crippen LogP contribution in [-0.2, 0) is 6.54 Å².